The fourth-order valence-corrected chi connectivity index (χ4v) is 2.52. The van der Waals surface area contributed by atoms with Gasteiger partial charge in [-0.05, 0) is 25.1 Å². The molecule has 114 valence electrons. The number of hydrogen-bond donors (Lipinski definition) is 1. The van der Waals surface area contributed by atoms with Crippen molar-refractivity contribution in [2.24, 2.45) is 0 Å². The lowest BCUT2D eigenvalue weighted by Gasteiger charge is -2.35. The number of aryl methyl sites for hydroxylation is 1. The van der Waals surface area contributed by atoms with Gasteiger partial charge in [-0.3, -0.25) is 9.59 Å². The van der Waals surface area contributed by atoms with Crippen molar-refractivity contribution in [3.63, 3.8) is 0 Å². The van der Waals surface area contributed by atoms with Gasteiger partial charge in [0.25, 0.3) is 5.91 Å². The van der Waals surface area contributed by atoms with Crippen LogP contribution in [0.3, 0.4) is 0 Å². The van der Waals surface area contributed by atoms with Crippen molar-refractivity contribution in [1.29, 1.82) is 0 Å². The molecule has 2 aromatic rings. The fraction of sp³-hybridized carbons (Fsp3) is 0.267. The van der Waals surface area contributed by atoms with Crippen LogP contribution in [0, 0.1) is 6.92 Å². The molecule has 1 aromatic carbocycles. The molecule has 1 aromatic heterocycles. The van der Waals surface area contributed by atoms with E-state index in [1.165, 1.54) is 15.6 Å². The van der Waals surface area contributed by atoms with E-state index in [2.05, 4.69) is 5.10 Å². The first-order valence-corrected chi connectivity index (χ1v) is 7.18. The van der Waals surface area contributed by atoms with Crippen LogP contribution >= 0.6 is 11.6 Å². The molecule has 1 N–H and O–H groups in total. The van der Waals surface area contributed by atoms with Crippen LogP contribution in [-0.2, 0) is 0 Å². The fourth-order valence-electron chi connectivity index (χ4n) is 2.34. The Morgan fingerprint density at radius 3 is 2.73 bits per heavy atom. The highest BCUT2D eigenvalue weighted by Gasteiger charge is 2.31. The third kappa shape index (κ3) is 2.63. The molecular weight excluding hydrogens is 306 g/mol. The second-order valence-electron chi connectivity index (χ2n) is 5.25. The molecule has 1 fully saturated rings. The van der Waals surface area contributed by atoms with Crippen molar-refractivity contribution in [3.8, 4) is 5.69 Å². The van der Waals surface area contributed by atoms with Gasteiger partial charge in [0, 0.05) is 29.9 Å². The lowest BCUT2D eigenvalue weighted by atomic mass is 10.1. The van der Waals surface area contributed by atoms with Gasteiger partial charge in [-0.1, -0.05) is 17.7 Å². The number of carbonyl (C=O) groups excluding carboxylic acids is 1. The molecule has 0 aliphatic carbocycles. The average molecular weight is 320 g/mol. The Morgan fingerprint density at radius 2 is 2.09 bits per heavy atom. The molecule has 1 amide bonds. The molecule has 6 nitrogen and oxygen atoms in total. The summed E-state index contributed by atoms with van der Waals surface area (Å²) in [4.78, 5) is 25.7. The van der Waals surface area contributed by atoms with Crippen LogP contribution in [0.5, 0.6) is 0 Å². The molecule has 1 aliphatic rings. The maximum Gasteiger partial charge on any atom is 0.278 e. The summed E-state index contributed by atoms with van der Waals surface area (Å²) in [5.74, 6) is -0.467. The van der Waals surface area contributed by atoms with Crippen LogP contribution in [0.4, 0.5) is 0 Å². The number of rotatable bonds is 2. The molecule has 2 heterocycles. The SMILES string of the molecule is Cc1cc(=O)c(C(=O)N2CC(O)C2)nn1-c1cccc(Cl)c1. The number of aliphatic hydroxyl groups excluding tert-OH is 1. The number of halogens is 1. The van der Waals surface area contributed by atoms with Crippen molar-refractivity contribution in [2.45, 2.75) is 13.0 Å². The molecule has 1 aliphatic heterocycles. The van der Waals surface area contributed by atoms with E-state index < -0.39 is 17.4 Å². The van der Waals surface area contributed by atoms with Crippen LogP contribution in [-0.4, -0.2) is 44.9 Å². The van der Waals surface area contributed by atoms with Crippen LogP contribution in [0.15, 0.2) is 35.1 Å². The Morgan fingerprint density at radius 1 is 1.36 bits per heavy atom. The smallest absolute Gasteiger partial charge is 0.278 e. The summed E-state index contributed by atoms with van der Waals surface area (Å²) >= 11 is 5.97. The largest absolute Gasteiger partial charge is 0.389 e. The molecule has 7 heteroatoms. The van der Waals surface area contributed by atoms with E-state index in [4.69, 9.17) is 11.6 Å². The van der Waals surface area contributed by atoms with Gasteiger partial charge < -0.3 is 10.0 Å². The quantitative estimate of drug-likeness (QED) is 0.896. The second-order valence-corrected chi connectivity index (χ2v) is 5.69. The molecular formula is C15H14ClN3O3. The summed E-state index contributed by atoms with van der Waals surface area (Å²) in [5.41, 5.74) is 0.690. The lowest BCUT2D eigenvalue weighted by Crippen LogP contribution is -2.54. The molecule has 0 radical (unpaired) electrons. The maximum absolute atomic E-state index is 12.3. The summed E-state index contributed by atoms with van der Waals surface area (Å²) in [6, 6.07) is 8.36. The molecule has 0 saturated carbocycles. The monoisotopic (exact) mass is 319 g/mol. The topological polar surface area (TPSA) is 75.4 Å². The first-order chi connectivity index (χ1) is 10.5. The highest BCUT2D eigenvalue weighted by Crippen LogP contribution is 2.16. The van der Waals surface area contributed by atoms with E-state index in [9.17, 15) is 14.7 Å². The molecule has 1 saturated heterocycles. The number of β-amino-alcohol motifs (C(OH)–C–C–N with tert-alkyl or cyclic N) is 1. The Hall–Kier alpha value is -2.18. The van der Waals surface area contributed by atoms with Gasteiger partial charge >= 0.3 is 0 Å². The van der Waals surface area contributed by atoms with E-state index in [0.29, 0.717) is 16.4 Å². The normalized spacial score (nSPS) is 14.8. The van der Waals surface area contributed by atoms with Crippen molar-refractivity contribution in [2.75, 3.05) is 13.1 Å². The van der Waals surface area contributed by atoms with E-state index in [-0.39, 0.29) is 18.8 Å². The first-order valence-electron chi connectivity index (χ1n) is 6.80. The standard InChI is InChI=1S/C15H14ClN3O3/c1-9-5-13(21)14(15(22)18-7-12(20)8-18)17-19(9)11-4-2-3-10(16)6-11/h2-6,12,20H,7-8H2,1H3. The number of amides is 1. The zero-order valence-electron chi connectivity index (χ0n) is 11.9. The third-order valence-electron chi connectivity index (χ3n) is 3.51. The Kier molecular flexibility index (Phi) is 3.72. The Bertz CT molecular complexity index is 797. The lowest BCUT2D eigenvalue weighted by molar-refractivity contribution is 0.00528. The number of likely N-dealkylation sites (tertiary alicyclic amines) is 1. The molecule has 22 heavy (non-hydrogen) atoms. The summed E-state index contributed by atoms with van der Waals surface area (Å²) < 4.78 is 1.51. The molecule has 0 bridgehead atoms. The minimum absolute atomic E-state index is 0.155. The van der Waals surface area contributed by atoms with Gasteiger partial charge in [0.2, 0.25) is 5.43 Å². The average Bonchev–Trinajstić information content (AvgIpc) is 2.43. The first kappa shape index (κ1) is 14.7. The van der Waals surface area contributed by atoms with Crippen molar-refractivity contribution < 1.29 is 9.90 Å². The zero-order valence-corrected chi connectivity index (χ0v) is 12.6. The molecule has 0 atom stereocenters. The summed E-state index contributed by atoms with van der Waals surface area (Å²) in [7, 11) is 0. The van der Waals surface area contributed by atoms with Crippen LogP contribution < -0.4 is 5.43 Å². The summed E-state index contributed by atoms with van der Waals surface area (Å²) in [6.07, 6.45) is -0.524. The summed E-state index contributed by atoms with van der Waals surface area (Å²) in [6.45, 7) is 2.19. The number of benzene rings is 1. The van der Waals surface area contributed by atoms with E-state index >= 15 is 0 Å². The van der Waals surface area contributed by atoms with Crippen LogP contribution in [0.2, 0.25) is 5.02 Å². The zero-order chi connectivity index (χ0) is 15.9. The Labute approximate surface area is 131 Å². The molecule has 0 unspecified atom stereocenters. The predicted octanol–water partition coefficient (Wildman–Crippen LogP) is 1.01. The summed E-state index contributed by atoms with van der Waals surface area (Å²) in [5, 5.41) is 14.0. The number of hydrogen-bond acceptors (Lipinski definition) is 4. The van der Waals surface area contributed by atoms with Gasteiger partial charge in [0.1, 0.15) is 0 Å². The van der Waals surface area contributed by atoms with Crippen LogP contribution in [0.25, 0.3) is 5.69 Å². The van der Waals surface area contributed by atoms with Gasteiger partial charge in [-0.25, -0.2) is 4.68 Å². The number of nitrogens with zero attached hydrogens (tertiary/aromatic N) is 3. The van der Waals surface area contributed by atoms with Crippen molar-refractivity contribution in [3.05, 3.63) is 57.0 Å². The van der Waals surface area contributed by atoms with E-state index in [1.54, 1.807) is 31.2 Å². The van der Waals surface area contributed by atoms with Gasteiger partial charge in [-0.2, -0.15) is 5.10 Å². The van der Waals surface area contributed by atoms with Crippen molar-refractivity contribution >= 4 is 17.5 Å². The van der Waals surface area contributed by atoms with Crippen molar-refractivity contribution in [1.82, 2.24) is 14.7 Å². The highest BCUT2D eigenvalue weighted by molar-refractivity contribution is 6.30. The Balaban J connectivity index is 2.04. The molecule has 3 rings (SSSR count). The minimum atomic E-state index is -0.524. The van der Waals surface area contributed by atoms with E-state index in [0.717, 1.165) is 0 Å². The van der Waals surface area contributed by atoms with Gasteiger partial charge in [-0.15, -0.1) is 0 Å². The van der Waals surface area contributed by atoms with Crippen LogP contribution in [0.1, 0.15) is 16.2 Å². The van der Waals surface area contributed by atoms with Gasteiger partial charge in [0.15, 0.2) is 5.69 Å². The maximum atomic E-state index is 12.3. The number of carbonyl (C=O) groups is 1. The highest BCUT2D eigenvalue weighted by atomic mass is 35.5. The third-order valence-corrected chi connectivity index (χ3v) is 3.75. The minimum Gasteiger partial charge on any atom is -0.389 e. The number of aliphatic hydroxyl groups is 1. The second kappa shape index (κ2) is 5.55. The predicted molar refractivity (Wildman–Crippen MR) is 81.5 cm³/mol. The van der Waals surface area contributed by atoms with E-state index in [1.807, 2.05) is 0 Å². The number of aromatic nitrogens is 2. The van der Waals surface area contributed by atoms with Gasteiger partial charge in [0.05, 0.1) is 11.8 Å². The molecule has 0 spiro atoms.